The molecule has 3 aromatic carbocycles. The lowest BCUT2D eigenvalue weighted by Gasteiger charge is -2.32. The molecule has 0 spiro atoms. The first-order valence-electron chi connectivity index (χ1n) is 12.1. The SMILES string of the molecule is COc1ccc(N=C2SC(C(=O)Nc3ccc(C)cc3C)CC(=O)N2Cc2ccc(OC)c(OC)c2)cc1. The minimum Gasteiger partial charge on any atom is -0.497 e. The quantitative estimate of drug-likeness (QED) is 0.412. The van der Waals surface area contributed by atoms with Gasteiger partial charge in [-0.15, -0.1) is 0 Å². The van der Waals surface area contributed by atoms with E-state index in [1.54, 1.807) is 44.4 Å². The normalized spacial score (nSPS) is 16.3. The smallest absolute Gasteiger partial charge is 0.238 e. The third-order valence-corrected chi connectivity index (χ3v) is 7.35. The van der Waals surface area contributed by atoms with Crippen LogP contribution < -0.4 is 19.5 Å². The van der Waals surface area contributed by atoms with Gasteiger partial charge in [0.2, 0.25) is 11.8 Å². The van der Waals surface area contributed by atoms with E-state index in [0.29, 0.717) is 28.1 Å². The molecular weight excluding hydrogens is 502 g/mol. The lowest BCUT2D eigenvalue weighted by Crippen LogP contribution is -2.44. The molecule has 9 heteroatoms. The van der Waals surface area contributed by atoms with Gasteiger partial charge in [-0.3, -0.25) is 14.5 Å². The van der Waals surface area contributed by atoms with Crippen molar-refractivity contribution in [2.75, 3.05) is 26.6 Å². The summed E-state index contributed by atoms with van der Waals surface area (Å²) in [7, 11) is 4.74. The van der Waals surface area contributed by atoms with Crippen LogP contribution in [0.5, 0.6) is 17.2 Å². The summed E-state index contributed by atoms with van der Waals surface area (Å²) >= 11 is 1.28. The molecule has 1 aliphatic heterocycles. The van der Waals surface area contributed by atoms with E-state index < -0.39 is 5.25 Å². The summed E-state index contributed by atoms with van der Waals surface area (Å²) in [4.78, 5) is 33.0. The summed E-state index contributed by atoms with van der Waals surface area (Å²) in [5.41, 5.74) is 4.30. The number of carbonyl (C=O) groups excluding carboxylic acids is 2. The van der Waals surface area contributed by atoms with Crippen molar-refractivity contribution in [3.63, 3.8) is 0 Å². The summed E-state index contributed by atoms with van der Waals surface area (Å²) in [5, 5.41) is 2.81. The predicted molar refractivity (Wildman–Crippen MR) is 151 cm³/mol. The van der Waals surface area contributed by atoms with Gasteiger partial charge in [-0.1, -0.05) is 35.5 Å². The lowest BCUT2D eigenvalue weighted by molar-refractivity contribution is -0.129. The van der Waals surface area contributed by atoms with Gasteiger partial charge >= 0.3 is 0 Å². The van der Waals surface area contributed by atoms with E-state index in [9.17, 15) is 9.59 Å². The second-order valence-corrected chi connectivity index (χ2v) is 10.0. The van der Waals surface area contributed by atoms with E-state index >= 15 is 0 Å². The minimum atomic E-state index is -0.623. The molecule has 38 heavy (non-hydrogen) atoms. The molecular formula is C29H31N3O5S. The van der Waals surface area contributed by atoms with Crippen molar-refractivity contribution >= 4 is 40.1 Å². The Labute approximate surface area is 227 Å². The Morgan fingerprint density at radius 1 is 0.974 bits per heavy atom. The maximum absolute atomic E-state index is 13.4. The molecule has 1 fully saturated rings. The largest absolute Gasteiger partial charge is 0.497 e. The number of amides is 2. The van der Waals surface area contributed by atoms with Crippen LogP contribution in [-0.2, 0) is 16.1 Å². The summed E-state index contributed by atoms with van der Waals surface area (Å²) in [6.07, 6.45) is 0.0519. The average molecular weight is 534 g/mol. The second kappa shape index (κ2) is 12.0. The zero-order valence-electron chi connectivity index (χ0n) is 22.1. The number of nitrogens with one attached hydrogen (secondary N) is 1. The molecule has 3 aromatic rings. The van der Waals surface area contributed by atoms with Gasteiger partial charge in [0, 0.05) is 12.1 Å². The number of ether oxygens (including phenoxy) is 3. The van der Waals surface area contributed by atoms with Gasteiger partial charge in [-0.25, -0.2) is 4.99 Å². The number of rotatable bonds is 8. The third-order valence-electron chi connectivity index (χ3n) is 6.16. The van der Waals surface area contributed by atoms with Gasteiger partial charge in [-0.05, 0) is 67.4 Å². The van der Waals surface area contributed by atoms with E-state index in [0.717, 1.165) is 22.4 Å². The Morgan fingerprint density at radius 2 is 1.71 bits per heavy atom. The zero-order valence-corrected chi connectivity index (χ0v) is 22.9. The van der Waals surface area contributed by atoms with Gasteiger partial charge in [0.05, 0.1) is 33.6 Å². The number of methoxy groups -OCH3 is 3. The fourth-order valence-electron chi connectivity index (χ4n) is 4.09. The van der Waals surface area contributed by atoms with E-state index in [-0.39, 0.29) is 24.8 Å². The Kier molecular flexibility index (Phi) is 8.58. The molecule has 0 aliphatic carbocycles. The van der Waals surface area contributed by atoms with Crippen LogP contribution in [0.25, 0.3) is 0 Å². The van der Waals surface area contributed by atoms with Crippen molar-refractivity contribution in [1.29, 1.82) is 0 Å². The predicted octanol–water partition coefficient (Wildman–Crippen LogP) is 5.49. The third kappa shape index (κ3) is 6.28. The van der Waals surface area contributed by atoms with Crippen LogP contribution in [0, 0.1) is 13.8 Å². The molecule has 1 saturated heterocycles. The summed E-state index contributed by atoms with van der Waals surface area (Å²) in [6.45, 7) is 4.22. The molecule has 1 unspecified atom stereocenters. The van der Waals surface area contributed by atoms with E-state index in [1.165, 1.54) is 11.8 Å². The van der Waals surface area contributed by atoms with Crippen LogP contribution in [0.1, 0.15) is 23.1 Å². The Hall–Kier alpha value is -3.98. The number of thioether (sulfide) groups is 1. The number of hydrogen-bond donors (Lipinski definition) is 1. The highest BCUT2D eigenvalue weighted by atomic mass is 32.2. The summed E-state index contributed by atoms with van der Waals surface area (Å²) in [6, 6.07) is 18.6. The Bertz CT molecular complexity index is 1360. The first-order chi connectivity index (χ1) is 18.3. The van der Waals surface area contributed by atoms with E-state index in [2.05, 4.69) is 5.32 Å². The highest BCUT2D eigenvalue weighted by Crippen LogP contribution is 2.33. The average Bonchev–Trinajstić information content (AvgIpc) is 2.92. The van der Waals surface area contributed by atoms with Gasteiger partial charge in [0.1, 0.15) is 11.0 Å². The van der Waals surface area contributed by atoms with Crippen LogP contribution in [0.4, 0.5) is 11.4 Å². The molecule has 198 valence electrons. The van der Waals surface area contributed by atoms with Crippen molar-refractivity contribution in [3.8, 4) is 17.2 Å². The molecule has 0 aromatic heterocycles. The number of nitrogens with zero attached hydrogens (tertiary/aromatic N) is 2. The summed E-state index contributed by atoms with van der Waals surface area (Å²) in [5.74, 6) is 1.46. The van der Waals surface area contributed by atoms with Crippen LogP contribution in [0.2, 0.25) is 0 Å². The van der Waals surface area contributed by atoms with Gasteiger partial charge in [0.25, 0.3) is 0 Å². The first kappa shape index (κ1) is 27.1. The molecule has 1 heterocycles. The van der Waals surface area contributed by atoms with Gasteiger partial charge in [-0.2, -0.15) is 0 Å². The second-order valence-electron chi connectivity index (χ2n) is 8.88. The molecule has 0 saturated carbocycles. The molecule has 1 atom stereocenters. The molecule has 1 aliphatic rings. The van der Waals surface area contributed by atoms with Crippen molar-refractivity contribution in [2.24, 2.45) is 4.99 Å². The van der Waals surface area contributed by atoms with E-state index in [1.807, 2.05) is 56.3 Å². The van der Waals surface area contributed by atoms with Crippen molar-refractivity contribution < 1.29 is 23.8 Å². The van der Waals surface area contributed by atoms with Crippen LogP contribution in [0.15, 0.2) is 65.7 Å². The fourth-order valence-corrected chi connectivity index (χ4v) is 5.19. The highest BCUT2D eigenvalue weighted by Gasteiger charge is 2.36. The number of aliphatic imine (C=N–C) groups is 1. The van der Waals surface area contributed by atoms with Crippen LogP contribution in [-0.4, -0.2) is 48.5 Å². The maximum atomic E-state index is 13.4. The lowest BCUT2D eigenvalue weighted by atomic mass is 10.1. The van der Waals surface area contributed by atoms with Crippen molar-refractivity contribution in [2.45, 2.75) is 32.1 Å². The van der Waals surface area contributed by atoms with E-state index in [4.69, 9.17) is 19.2 Å². The maximum Gasteiger partial charge on any atom is 0.238 e. The molecule has 0 radical (unpaired) electrons. The standard InChI is InChI=1S/C29H31N3O5S/c1-18-6-12-23(19(2)14-18)31-28(34)26-16-27(33)32(17-20-7-13-24(36-4)25(15-20)37-5)29(38-26)30-21-8-10-22(35-3)11-9-21/h6-15,26H,16-17H2,1-5H3,(H,31,34). The molecule has 4 rings (SSSR count). The fraction of sp³-hybridized carbons (Fsp3) is 0.276. The molecule has 1 N–H and O–H groups in total. The molecule has 0 bridgehead atoms. The minimum absolute atomic E-state index is 0.0519. The summed E-state index contributed by atoms with van der Waals surface area (Å²) < 4.78 is 16.0. The number of amidine groups is 1. The molecule has 8 nitrogen and oxygen atoms in total. The highest BCUT2D eigenvalue weighted by molar-refractivity contribution is 8.15. The van der Waals surface area contributed by atoms with Crippen molar-refractivity contribution in [3.05, 3.63) is 77.4 Å². The van der Waals surface area contributed by atoms with Gasteiger partial charge < -0.3 is 19.5 Å². The van der Waals surface area contributed by atoms with Gasteiger partial charge in [0.15, 0.2) is 16.7 Å². The molecule has 2 amide bonds. The number of anilines is 1. The van der Waals surface area contributed by atoms with Crippen LogP contribution >= 0.6 is 11.8 Å². The number of hydrogen-bond acceptors (Lipinski definition) is 7. The monoisotopic (exact) mass is 533 g/mol. The number of benzene rings is 3. The zero-order chi connectivity index (χ0) is 27.2. The number of aryl methyl sites for hydroxylation is 2. The Morgan fingerprint density at radius 3 is 2.37 bits per heavy atom. The number of carbonyl (C=O) groups is 2. The Balaban J connectivity index is 1.62. The van der Waals surface area contributed by atoms with Crippen LogP contribution in [0.3, 0.4) is 0 Å². The van der Waals surface area contributed by atoms with Crippen molar-refractivity contribution in [1.82, 2.24) is 4.90 Å². The topological polar surface area (TPSA) is 89.5 Å². The first-order valence-corrected chi connectivity index (χ1v) is 13.0.